The molecule has 0 amide bonds. The van der Waals surface area contributed by atoms with Crippen LogP contribution >= 0.6 is 0 Å². The van der Waals surface area contributed by atoms with Gasteiger partial charge in [0.05, 0.1) is 12.1 Å². The summed E-state index contributed by atoms with van der Waals surface area (Å²) in [5, 5.41) is 16.7. The Morgan fingerprint density at radius 1 is 0.962 bits per heavy atom. The average Bonchev–Trinajstić information content (AvgIpc) is 3.31. The van der Waals surface area contributed by atoms with Crippen LogP contribution in [0.3, 0.4) is 0 Å². The van der Waals surface area contributed by atoms with Crippen molar-refractivity contribution in [1.29, 1.82) is 0 Å². The summed E-state index contributed by atoms with van der Waals surface area (Å²) in [4.78, 5) is 0. The Labute approximate surface area is 147 Å². The van der Waals surface area contributed by atoms with Crippen LogP contribution in [0.4, 0.5) is 4.39 Å². The second kappa shape index (κ2) is 4.76. The summed E-state index contributed by atoms with van der Waals surface area (Å²) in [5.74, 6) is 0.354. The van der Waals surface area contributed by atoms with Crippen molar-refractivity contribution in [2.45, 2.75) is 6.54 Å². The van der Waals surface area contributed by atoms with E-state index in [1.807, 2.05) is 24.3 Å². The largest absolute Gasteiger partial charge is 0.335 e. The maximum absolute atomic E-state index is 14.6. The van der Waals surface area contributed by atoms with E-state index < -0.39 is 0 Å². The van der Waals surface area contributed by atoms with E-state index in [2.05, 4.69) is 43.4 Å². The number of benzene rings is 3. The fourth-order valence-electron chi connectivity index (χ4n) is 4.10. The van der Waals surface area contributed by atoms with Crippen LogP contribution in [0.15, 0.2) is 54.6 Å². The van der Waals surface area contributed by atoms with Crippen molar-refractivity contribution in [2.24, 2.45) is 0 Å². The van der Waals surface area contributed by atoms with Gasteiger partial charge in [0.1, 0.15) is 5.82 Å². The monoisotopic (exact) mass is 341 g/mol. The molecule has 0 fully saturated rings. The highest BCUT2D eigenvalue weighted by Gasteiger charge is 2.25. The minimum Gasteiger partial charge on any atom is -0.335 e. The summed E-state index contributed by atoms with van der Waals surface area (Å²) in [5.41, 5.74) is 5.73. The third-order valence-electron chi connectivity index (χ3n) is 5.19. The van der Waals surface area contributed by atoms with E-state index in [0.717, 1.165) is 38.5 Å². The van der Waals surface area contributed by atoms with Crippen LogP contribution in [0.1, 0.15) is 5.56 Å². The van der Waals surface area contributed by atoms with Gasteiger partial charge >= 0.3 is 0 Å². The number of fused-ring (bicyclic) bond motifs is 5. The lowest BCUT2D eigenvalue weighted by Crippen LogP contribution is -2.09. The average molecular weight is 341 g/mol. The van der Waals surface area contributed by atoms with Gasteiger partial charge in [0.2, 0.25) is 5.82 Å². The van der Waals surface area contributed by atoms with Crippen LogP contribution < -0.4 is 0 Å². The molecule has 2 aromatic heterocycles. The van der Waals surface area contributed by atoms with Crippen molar-refractivity contribution in [3.05, 3.63) is 66.0 Å². The number of halogens is 1. The van der Waals surface area contributed by atoms with Crippen molar-refractivity contribution in [3.63, 3.8) is 0 Å². The molecule has 0 aliphatic carbocycles. The van der Waals surface area contributed by atoms with E-state index in [1.165, 1.54) is 6.07 Å². The maximum Gasteiger partial charge on any atom is 0.204 e. The summed E-state index contributed by atoms with van der Waals surface area (Å²) < 4.78 is 16.8. The molecule has 5 nitrogen and oxygen atoms in total. The van der Waals surface area contributed by atoms with Gasteiger partial charge in [-0.25, -0.2) is 4.39 Å². The van der Waals surface area contributed by atoms with E-state index in [-0.39, 0.29) is 5.82 Å². The van der Waals surface area contributed by atoms with Crippen molar-refractivity contribution in [2.75, 3.05) is 0 Å². The Hall–Kier alpha value is -3.54. The molecule has 3 heterocycles. The topological polar surface area (TPSA) is 59.4 Å². The Morgan fingerprint density at radius 2 is 1.88 bits per heavy atom. The van der Waals surface area contributed by atoms with Gasteiger partial charge < -0.3 is 4.57 Å². The molecule has 0 spiro atoms. The van der Waals surface area contributed by atoms with Crippen LogP contribution in [-0.4, -0.2) is 25.2 Å². The smallest absolute Gasteiger partial charge is 0.204 e. The maximum atomic E-state index is 14.6. The predicted octanol–water partition coefficient (Wildman–Crippen LogP) is 4.14. The number of tetrazole rings is 1. The zero-order valence-corrected chi connectivity index (χ0v) is 13.6. The van der Waals surface area contributed by atoms with Crippen molar-refractivity contribution >= 4 is 21.8 Å². The second-order valence-electron chi connectivity index (χ2n) is 6.52. The molecule has 1 aliphatic rings. The lowest BCUT2D eigenvalue weighted by molar-refractivity contribution is 0.603. The molecule has 5 aromatic rings. The van der Waals surface area contributed by atoms with Gasteiger partial charge in [0.25, 0.3) is 0 Å². The van der Waals surface area contributed by atoms with Gasteiger partial charge in [-0.05, 0) is 35.0 Å². The zero-order chi connectivity index (χ0) is 17.3. The van der Waals surface area contributed by atoms with Crippen LogP contribution in [-0.2, 0) is 6.54 Å². The normalized spacial score (nSPS) is 12.7. The summed E-state index contributed by atoms with van der Waals surface area (Å²) in [6.45, 7) is 0.528. The number of hydrogen-bond donors (Lipinski definition) is 1. The van der Waals surface area contributed by atoms with Gasteiger partial charge in [0, 0.05) is 33.0 Å². The lowest BCUT2D eigenvalue weighted by Gasteiger charge is -2.21. The zero-order valence-electron chi connectivity index (χ0n) is 13.6. The Morgan fingerprint density at radius 3 is 2.77 bits per heavy atom. The number of nitrogens with zero attached hydrogens (tertiary/aromatic N) is 4. The molecule has 6 heteroatoms. The fraction of sp³-hybridized carbons (Fsp3) is 0.0500. The van der Waals surface area contributed by atoms with Gasteiger partial charge in [-0.3, -0.25) is 0 Å². The van der Waals surface area contributed by atoms with Gasteiger partial charge in [-0.15, -0.1) is 10.2 Å². The first-order valence-electron chi connectivity index (χ1n) is 8.38. The number of para-hydroxylation sites is 1. The molecule has 0 unspecified atom stereocenters. The second-order valence-corrected chi connectivity index (χ2v) is 6.52. The Balaban J connectivity index is 1.84. The lowest BCUT2D eigenvalue weighted by atomic mass is 9.92. The third kappa shape index (κ3) is 1.65. The van der Waals surface area contributed by atoms with Crippen LogP contribution in [0, 0.1) is 5.82 Å². The first-order valence-corrected chi connectivity index (χ1v) is 8.38. The molecular weight excluding hydrogens is 329 g/mol. The third-order valence-corrected chi connectivity index (χ3v) is 5.19. The van der Waals surface area contributed by atoms with Gasteiger partial charge in [-0.2, -0.15) is 5.21 Å². The molecule has 0 bridgehead atoms. The minimum atomic E-state index is -0.177. The molecule has 0 atom stereocenters. The molecule has 124 valence electrons. The molecule has 6 rings (SSSR count). The number of aromatic amines is 1. The van der Waals surface area contributed by atoms with Crippen molar-refractivity contribution < 1.29 is 4.39 Å². The molecule has 0 saturated heterocycles. The first kappa shape index (κ1) is 13.7. The number of H-pyrrole nitrogens is 1. The van der Waals surface area contributed by atoms with Crippen LogP contribution in [0.5, 0.6) is 0 Å². The highest BCUT2D eigenvalue weighted by atomic mass is 19.1. The summed E-state index contributed by atoms with van der Waals surface area (Å²) in [6.07, 6.45) is 0. The molecular formula is C20H12FN5. The molecule has 1 N–H and O–H groups in total. The molecule has 3 aromatic carbocycles. The number of nitrogens with one attached hydrogen (secondary N) is 1. The highest BCUT2D eigenvalue weighted by molar-refractivity contribution is 6.15. The van der Waals surface area contributed by atoms with E-state index >= 15 is 0 Å². The SMILES string of the molecule is Fc1cccc2c1Cn1c3ccccc3c3cc(-c4nn[nH]n4)cc-2c31. The van der Waals surface area contributed by atoms with Gasteiger partial charge in [-0.1, -0.05) is 30.3 Å². The Bertz CT molecular complexity index is 1320. The predicted molar refractivity (Wildman–Crippen MR) is 97.1 cm³/mol. The molecule has 26 heavy (non-hydrogen) atoms. The molecule has 1 aliphatic heterocycles. The van der Waals surface area contributed by atoms with Crippen molar-refractivity contribution in [1.82, 2.24) is 25.2 Å². The van der Waals surface area contributed by atoms with Crippen LogP contribution in [0.25, 0.3) is 44.3 Å². The minimum absolute atomic E-state index is 0.177. The van der Waals surface area contributed by atoms with E-state index in [4.69, 9.17) is 0 Å². The van der Waals surface area contributed by atoms with Gasteiger partial charge in [0.15, 0.2) is 0 Å². The first-order chi connectivity index (χ1) is 12.8. The fourth-order valence-corrected chi connectivity index (χ4v) is 4.10. The highest BCUT2D eigenvalue weighted by Crippen LogP contribution is 2.43. The van der Waals surface area contributed by atoms with Crippen molar-refractivity contribution in [3.8, 4) is 22.5 Å². The summed E-state index contributed by atoms with van der Waals surface area (Å²) in [7, 11) is 0. The van der Waals surface area contributed by atoms with E-state index in [9.17, 15) is 4.39 Å². The summed E-state index contributed by atoms with van der Waals surface area (Å²) in [6, 6.07) is 17.6. The standard InChI is InChI=1S/C20H12FN5/c21-17-6-3-5-12-14-8-11(20-22-24-25-23-20)9-15-13-4-1-2-7-18(13)26(19(14)15)10-16(12)17/h1-9H,10H2,(H,22,23,24,25). The summed E-state index contributed by atoms with van der Waals surface area (Å²) >= 11 is 0. The van der Waals surface area contributed by atoms with E-state index in [0.29, 0.717) is 17.9 Å². The molecule has 0 radical (unpaired) electrons. The van der Waals surface area contributed by atoms with Crippen LogP contribution in [0.2, 0.25) is 0 Å². The molecule has 0 saturated carbocycles. The number of hydrogen-bond acceptors (Lipinski definition) is 3. The quantitative estimate of drug-likeness (QED) is 0.489. The van der Waals surface area contributed by atoms with E-state index in [1.54, 1.807) is 6.07 Å². The number of aromatic nitrogens is 5. The Kier molecular flexibility index (Phi) is 2.51. The number of rotatable bonds is 1.